The number of carbonyl (C=O) groups excluding carboxylic acids is 5. The summed E-state index contributed by atoms with van der Waals surface area (Å²) >= 11 is 0. The Hall–Kier alpha value is -3.21. The Morgan fingerprint density at radius 2 is 1.69 bits per heavy atom. The first-order valence-corrected chi connectivity index (χ1v) is 15.8. The smallest absolute Gasteiger partial charge is 0.408 e. The summed E-state index contributed by atoms with van der Waals surface area (Å²) < 4.78 is 23.1. The van der Waals surface area contributed by atoms with Gasteiger partial charge in [-0.2, -0.15) is 0 Å². The summed E-state index contributed by atoms with van der Waals surface area (Å²) in [5.41, 5.74) is -3.26. The number of aliphatic hydroxyl groups is 1. The fourth-order valence-corrected chi connectivity index (χ4v) is 8.31. The zero-order chi connectivity index (χ0) is 34.0. The molecule has 0 heterocycles. The van der Waals surface area contributed by atoms with Gasteiger partial charge in [0.25, 0.3) is 0 Å². The monoisotopic (exact) mass is 631 g/mol. The van der Waals surface area contributed by atoms with E-state index in [2.05, 4.69) is 5.32 Å². The number of ketones is 1. The number of rotatable bonds is 7. The average Bonchev–Trinajstić information content (AvgIpc) is 3.28. The predicted octanol–water partition coefficient (Wildman–Crippen LogP) is 4.06. The number of nitrogens with one attached hydrogen (secondary N) is 1. The van der Waals surface area contributed by atoms with E-state index in [0.29, 0.717) is 11.1 Å². The molecule has 4 aliphatic carbocycles. The van der Waals surface area contributed by atoms with Gasteiger partial charge in [-0.05, 0) is 51.2 Å². The second kappa shape index (κ2) is 11.5. The predicted molar refractivity (Wildman–Crippen MR) is 162 cm³/mol. The van der Waals surface area contributed by atoms with E-state index < -0.39 is 88.0 Å². The van der Waals surface area contributed by atoms with Crippen molar-refractivity contribution in [2.75, 3.05) is 6.61 Å². The van der Waals surface area contributed by atoms with Crippen molar-refractivity contribution in [3.8, 4) is 0 Å². The van der Waals surface area contributed by atoms with Gasteiger partial charge in [0.05, 0.1) is 5.60 Å². The Kier molecular flexibility index (Phi) is 8.89. The molecule has 0 saturated heterocycles. The molecule has 0 aromatic carbocycles. The molecule has 0 spiro atoms. The molecule has 250 valence electrons. The second-order valence-corrected chi connectivity index (χ2v) is 15.2. The van der Waals surface area contributed by atoms with Crippen LogP contribution in [-0.4, -0.2) is 70.4 Å². The van der Waals surface area contributed by atoms with Gasteiger partial charge in [-0.3, -0.25) is 14.4 Å². The van der Waals surface area contributed by atoms with Crippen LogP contribution in [0.15, 0.2) is 23.3 Å². The maximum Gasteiger partial charge on any atom is 0.408 e. The van der Waals surface area contributed by atoms with Crippen LogP contribution in [0.25, 0.3) is 0 Å². The lowest BCUT2D eigenvalue weighted by atomic mass is 9.59. The maximum atomic E-state index is 13.9. The number of ether oxygens (including phenoxy) is 4. The third kappa shape index (κ3) is 5.81. The molecule has 1 amide bonds. The lowest BCUT2D eigenvalue weighted by Crippen LogP contribution is -2.64. The molecule has 0 unspecified atom stereocenters. The van der Waals surface area contributed by atoms with Crippen molar-refractivity contribution in [1.82, 2.24) is 5.32 Å². The Labute approximate surface area is 265 Å². The topological polar surface area (TPSA) is 155 Å². The molecule has 0 aliphatic heterocycles. The molecule has 9 atom stereocenters. The summed E-state index contributed by atoms with van der Waals surface area (Å²) in [6.07, 6.45) is 2.06. The molecule has 0 radical (unpaired) electrons. The Morgan fingerprint density at radius 3 is 2.22 bits per heavy atom. The van der Waals surface area contributed by atoms with Crippen molar-refractivity contribution in [2.24, 2.45) is 40.9 Å². The van der Waals surface area contributed by atoms with Crippen molar-refractivity contribution in [2.45, 2.75) is 112 Å². The van der Waals surface area contributed by atoms with E-state index in [-0.39, 0.29) is 24.7 Å². The van der Waals surface area contributed by atoms with Crippen LogP contribution in [0.2, 0.25) is 0 Å². The Bertz CT molecular complexity index is 1340. The number of hydrogen-bond acceptors (Lipinski definition) is 10. The highest BCUT2D eigenvalue weighted by molar-refractivity contribution is 6.00. The normalized spacial score (nSPS) is 35.4. The second-order valence-electron chi connectivity index (χ2n) is 15.2. The minimum absolute atomic E-state index is 0.0373. The molecule has 0 bridgehead atoms. The number of Topliss-reactive ketones (excluding diaryl/α,β-unsaturated/α-hetero) is 1. The molecule has 2 saturated carbocycles. The summed E-state index contributed by atoms with van der Waals surface area (Å²) in [6, 6.07) is -1.10. The van der Waals surface area contributed by atoms with Crippen LogP contribution >= 0.6 is 0 Å². The highest BCUT2D eigenvalue weighted by Gasteiger charge is 2.87. The summed E-state index contributed by atoms with van der Waals surface area (Å²) in [5.74, 6) is -5.50. The zero-order valence-corrected chi connectivity index (χ0v) is 28.3. The van der Waals surface area contributed by atoms with Crippen LogP contribution in [-0.2, 0) is 38.1 Å². The molecule has 2 fully saturated rings. The van der Waals surface area contributed by atoms with E-state index in [1.165, 1.54) is 13.8 Å². The molecule has 4 aliphatic rings. The Balaban J connectivity index is 1.82. The molecule has 2 N–H and O–H groups in total. The number of hydrogen-bond donors (Lipinski definition) is 2. The largest absolute Gasteiger partial charge is 0.461 e. The number of fused-ring (bicyclic) bond motifs is 5. The van der Waals surface area contributed by atoms with Crippen molar-refractivity contribution >= 4 is 29.8 Å². The SMILES string of the molecule is CC(=O)OCC1=C[C@H]2[C@@H]3C(C)(C)[C@]3(OC(C)=O)[C@H](OC(=O)[C@@H](NC(=O)OC(C)(C)C)C(C)C)[C@@H](C)[C@]2(O)[C@@H]2C=C(C)C(=O)[C@@H]2C1. The van der Waals surface area contributed by atoms with Crippen LogP contribution < -0.4 is 5.32 Å². The minimum atomic E-state index is -1.60. The highest BCUT2D eigenvalue weighted by Crippen LogP contribution is 2.77. The number of amides is 1. The van der Waals surface area contributed by atoms with Crippen LogP contribution in [0.1, 0.15) is 82.6 Å². The van der Waals surface area contributed by atoms with Gasteiger partial charge in [0.15, 0.2) is 11.4 Å². The van der Waals surface area contributed by atoms with Crippen LogP contribution in [0.5, 0.6) is 0 Å². The quantitative estimate of drug-likeness (QED) is 0.239. The van der Waals surface area contributed by atoms with Crippen molar-refractivity contribution in [3.05, 3.63) is 23.3 Å². The molecule has 0 aromatic rings. The van der Waals surface area contributed by atoms with Gasteiger partial charge >= 0.3 is 24.0 Å². The summed E-state index contributed by atoms with van der Waals surface area (Å²) in [7, 11) is 0. The number of allylic oxidation sites excluding steroid dienone is 1. The van der Waals surface area contributed by atoms with Crippen LogP contribution in [0, 0.1) is 40.9 Å². The van der Waals surface area contributed by atoms with Gasteiger partial charge in [0.2, 0.25) is 0 Å². The van der Waals surface area contributed by atoms with E-state index in [9.17, 15) is 29.1 Å². The lowest BCUT2D eigenvalue weighted by Gasteiger charge is -2.52. The Morgan fingerprint density at radius 1 is 1.07 bits per heavy atom. The molecule has 45 heavy (non-hydrogen) atoms. The first-order chi connectivity index (χ1) is 20.6. The van der Waals surface area contributed by atoms with Gasteiger partial charge in [-0.25, -0.2) is 9.59 Å². The van der Waals surface area contributed by atoms with Crippen LogP contribution in [0.3, 0.4) is 0 Å². The van der Waals surface area contributed by atoms with Crippen molar-refractivity contribution in [1.29, 1.82) is 0 Å². The maximum absolute atomic E-state index is 13.9. The molecule has 0 aromatic heterocycles. The molecular formula is C34H49NO10. The van der Waals surface area contributed by atoms with E-state index >= 15 is 0 Å². The summed E-state index contributed by atoms with van der Waals surface area (Å²) in [6.45, 7) is 18.5. The fourth-order valence-electron chi connectivity index (χ4n) is 8.31. The minimum Gasteiger partial charge on any atom is -0.461 e. The van der Waals surface area contributed by atoms with Gasteiger partial charge in [-0.1, -0.05) is 46.8 Å². The van der Waals surface area contributed by atoms with Gasteiger partial charge in [0.1, 0.15) is 24.4 Å². The van der Waals surface area contributed by atoms with E-state index in [1.54, 1.807) is 54.5 Å². The summed E-state index contributed by atoms with van der Waals surface area (Å²) in [5, 5.41) is 15.6. The lowest BCUT2D eigenvalue weighted by molar-refractivity contribution is -0.221. The van der Waals surface area contributed by atoms with Crippen molar-refractivity contribution < 1.29 is 48.0 Å². The molecule has 11 heteroatoms. The summed E-state index contributed by atoms with van der Waals surface area (Å²) in [4.78, 5) is 64.5. The number of carbonyl (C=O) groups is 5. The van der Waals surface area contributed by atoms with Crippen LogP contribution in [0.4, 0.5) is 4.79 Å². The van der Waals surface area contributed by atoms with E-state index in [0.717, 1.165) is 0 Å². The standard InChI is InChI=1S/C34H49NO10/c1-16(2)25(35-30(40)45-31(7,8)9)29(39)43-28-18(4)33(41)23-12-17(3)26(38)22(23)13-21(15-42-19(5)36)14-24(33)27-32(10,11)34(27,28)44-20(6)37/h12,14,16,18,22-25,27-28,41H,13,15H2,1-11H3,(H,35,40)/t18-,22-,23-,24+,25+,27-,28-,33+,34-/m1/s1. The molecular weight excluding hydrogens is 582 g/mol. The zero-order valence-electron chi connectivity index (χ0n) is 28.3. The third-order valence-electron chi connectivity index (χ3n) is 10.3. The van der Waals surface area contributed by atoms with Gasteiger partial charge in [-0.15, -0.1) is 0 Å². The number of alkyl carbamates (subject to hydrolysis) is 1. The number of esters is 3. The van der Waals surface area contributed by atoms with Crippen molar-refractivity contribution in [3.63, 3.8) is 0 Å². The fraction of sp³-hybridized carbons (Fsp3) is 0.735. The third-order valence-corrected chi connectivity index (χ3v) is 10.3. The first kappa shape index (κ1) is 34.7. The highest BCUT2D eigenvalue weighted by atomic mass is 16.6. The van der Waals surface area contributed by atoms with E-state index in [1.807, 2.05) is 19.9 Å². The van der Waals surface area contributed by atoms with Gasteiger partial charge in [0, 0.05) is 48.9 Å². The molecule has 4 rings (SSSR count). The first-order valence-electron chi connectivity index (χ1n) is 15.8. The molecule has 11 nitrogen and oxygen atoms in total. The van der Waals surface area contributed by atoms with Gasteiger partial charge < -0.3 is 29.4 Å². The average molecular weight is 632 g/mol. The van der Waals surface area contributed by atoms with E-state index in [4.69, 9.17) is 18.9 Å².